The molecule has 0 saturated heterocycles. The van der Waals surface area contributed by atoms with E-state index in [4.69, 9.17) is 27.2 Å². The van der Waals surface area contributed by atoms with Gasteiger partial charge in [0, 0.05) is 0 Å². The summed E-state index contributed by atoms with van der Waals surface area (Å²) in [5.74, 6) is -3.65. The van der Waals surface area contributed by atoms with Gasteiger partial charge in [0.1, 0.15) is 0 Å². The maximum atomic E-state index is 9.10. The van der Waals surface area contributed by atoms with Gasteiger partial charge < -0.3 is 37.6 Å². The molecule has 0 fully saturated rings. The zero-order chi connectivity index (χ0) is 9.15. The Morgan fingerprint density at radius 2 is 0.667 bits per heavy atom. The van der Waals surface area contributed by atoms with Crippen LogP contribution in [-0.4, -0.2) is 49.5 Å². The number of hydrogen-bond donors (Lipinski definition) is 2. The molecule has 0 rings (SSSR count). The maximum absolute atomic E-state index is 9.10. The first-order valence-electron chi connectivity index (χ1n) is 1.47. The second-order valence-corrected chi connectivity index (χ2v) is 0.610. The van der Waals surface area contributed by atoms with Crippen molar-refractivity contribution >= 4 is 11.9 Å². The van der Waals surface area contributed by atoms with Crippen molar-refractivity contribution in [1.82, 2.24) is 0 Å². The second-order valence-electron chi connectivity index (χ2n) is 0.610. The first-order valence-corrected chi connectivity index (χ1v) is 2.61. The van der Waals surface area contributed by atoms with Crippen LogP contribution in [-0.2, 0) is 51.7 Å². The number of rotatable bonds is 0. The van der Waals surface area contributed by atoms with Crippen molar-refractivity contribution in [2.45, 2.75) is 0 Å². The predicted octanol–water partition coefficient (Wildman–Crippen LogP) is -5.21. The number of carbonyl (C=O) groups is 2. The Morgan fingerprint density at radius 1 is 0.600 bits per heavy atom. The molecule has 0 aliphatic rings. The molecule has 0 aromatic rings. The third-order valence-electron chi connectivity index (χ3n) is 0.183. The Labute approximate surface area is 101 Å². The SMILES string of the molecule is O.O.O.O.O.O=C(O)C(=O)O.[O]=[V].[O]=[V]. The minimum atomic E-state index is -1.82. The average Bonchev–Trinajstić information content (AvgIpc) is 1.96. The molecule has 0 aliphatic carbocycles. The predicted molar refractivity (Wildman–Crippen MR) is 34.7 cm³/mol. The van der Waals surface area contributed by atoms with Gasteiger partial charge in [0.15, 0.2) is 0 Å². The van der Waals surface area contributed by atoms with E-state index < -0.39 is 11.9 Å². The summed E-state index contributed by atoms with van der Waals surface area (Å²) < 4.78 is 16.4. The molecule has 0 saturated carbocycles. The standard InChI is InChI=1S/C2H2O4.5H2O.2O.2V/c3-1(4)2(5)6;;;;;;;;;/h(H,3,4)(H,5,6);5*1H2;;;;. The average molecular weight is 314 g/mol. The third kappa shape index (κ3) is 145. The van der Waals surface area contributed by atoms with Crippen molar-refractivity contribution in [1.29, 1.82) is 0 Å². The molecule has 11 nitrogen and oxygen atoms in total. The van der Waals surface area contributed by atoms with Crippen LogP contribution in [0.25, 0.3) is 0 Å². The Morgan fingerprint density at radius 3 is 0.667 bits per heavy atom. The summed E-state index contributed by atoms with van der Waals surface area (Å²) in [5.41, 5.74) is 0. The number of carboxylic acids is 2. The second kappa shape index (κ2) is 69.7. The fourth-order valence-electron chi connectivity index (χ4n) is 0. The van der Waals surface area contributed by atoms with Gasteiger partial charge in [-0.15, -0.1) is 0 Å². The van der Waals surface area contributed by atoms with Crippen LogP contribution in [0, 0.1) is 0 Å². The molecule has 0 amide bonds. The fraction of sp³-hybridized carbons (Fsp3) is 0. The van der Waals surface area contributed by atoms with Crippen LogP contribution in [0.5, 0.6) is 0 Å². The third-order valence-corrected chi connectivity index (χ3v) is 0.183. The first-order chi connectivity index (χ1) is 4.64. The number of hydrogen-bond acceptors (Lipinski definition) is 4. The Bertz CT molecular complexity index is 101. The van der Waals surface area contributed by atoms with Crippen molar-refractivity contribution in [3.63, 3.8) is 0 Å². The zero-order valence-electron chi connectivity index (χ0n) is 6.92. The van der Waals surface area contributed by atoms with E-state index in [-0.39, 0.29) is 27.4 Å². The van der Waals surface area contributed by atoms with Gasteiger partial charge in [0.05, 0.1) is 0 Å². The zero-order valence-corrected chi connectivity index (χ0v) is 9.72. The fourth-order valence-corrected chi connectivity index (χ4v) is 0. The molecular formula is C2H12O11V2. The molecule has 0 aromatic heterocycles. The van der Waals surface area contributed by atoms with Crippen LogP contribution >= 0.6 is 0 Å². The molecule has 0 unspecified atom stereocenters. The quantitative estimate of drug-likeness (QED) is 0.412. The van der Waals surface area contributed by atoms with Gasteiger partial charge in [-0.3, -0.25) is 0 Å². The molecular weight excluding hydrogens is 302 g/mol. The summed E-state index contributed by atoms with van der Waals surface area (Å²) in [7, 11) is 0. The molecule has 96 valence electrons. The molecule has 0 atom stereocenters. The van der Waals surface area contributed by atoms with Gasteiger partial charge in [-0.25, -0.2) is 9.59 Å². The van der Waals surface area contributed by atoms with E-state index in [2.05, 4.69) is 0 Å². The van der Waals surface area contributed by atoms with Crippen molar-refractivity contribution in [2.75, 3.05) is 0 Å². The summed E-state index contributed by atoms with van der Waals surface area (Å²) in [6.07, 6.45) is 0. The Balaban J connectivity index is -0.00000000828. The summed E-state index contributed by atoms with van der Waals surface area (Å²) in [4.78, 5) is 18.2. The van der Waals surface area contributed by atoms with Crippen LogP contribution in [0.15, 0.2) is 0 Å². The molecule has 13 heteroatoms. The van der Waals surface area contributed by atoms with Gasteiger partial charge in [0.25, 0.3) is 0 Å². The minimum absolute atomic E-state index is 0. The van der Waals surface area contributed by atoms with E-state index in [1.54, 1.807) is 0 Å². The van der Waals surface area contributed by atoms with Crippen LogP contribution in [0.2, 0.25) is 0 Å². The molecule has 0 spiro atoms. The summed E-state index contributed by atoms with van der Waals surface area (Å²) in [6.45, 7) is 0. The van der Waals surface area contributed by atoms with Gasteiger partial charge in [-0.05, 0) is 0 Å². The molecule has 0 bridgehead atoms. The van der Waals surface area contributed by atoms with Crippen LogP contribution in [0.1, 0.15) is 0 Å². The topological polar surface area (TPSA) is 266 Å². The number of aliphatic carboxylic acids is 2. The van der Waals surface area contributed by atoms with E-state index in [1.807, 2.05) is 0 Å². The van der Waals surface area contributed by atoms with Gasteiger partial charge in [0.2, 0.25) is 0 Å². The first kappa shape index (κ1) is 62.5. The van der Waals surface area contributed by atoms with E-state index in [9.17, 15) is 0 Å². The monoisotopic (exact) mass is 314 g/mol. The van der Waals surface area contributed by atoms with Crippen LogP contribution in [0.3, 0.4) is 0 Å². The molecule has 0 heterocycles. The molecule has 15 heavy (non-hydrogen) atoms. The van der Waals surface area contributed by atoms with Gasteiger partial charge in [-0.2, -0.15) is 0 Å². The van der Waals surface area contributed by atoms with Crippen molar-refractivity contribution in [2.24, 2.45) is 0 Å². The van der Waals surface area contributed by atoms with Crippen molar-refractivity contribution in [3.05, 3.63) is 0 Å². The van der Waals surface area contributed by atoms with Crippen molar-refractivity contribution < 1.29 is 89.3 Å². The van der Waals surface area contributed by atoms with E-state index >= 15 is 0 Å². The summed E-state index contributed by atoms with van der Waals surface area (Å²) in [6, 6.07) is 0. The Kier molecular flexibility index (Phi) is 290. The summed E-state index contributed by atoms with van der Waals surface area (Å²) >= 11 is 2.12. The molecule has 12 N–H and O–H groups in total. The Hall–Kier alpha value is -0.491. The van der Waals surface area contributed by atoms with E-state index in [0.717, 1.165) is 34.7 Å². The molecule has 0 aliphatic heterocycles. The normalized spacial score (nSPS) is 3.33. The van der Waals surface area contributed by atoms with Crippen molar-refractivity contribution in [3.8, 4) is 0 Å². The van der Waals surface area contributed by atoms with E-state index in [1.165, 1.54) is 0 Å². The van der Waals surface area contributed by atoms with Crippen LogP contribution in [0.4, 0.5) is 0 Å². The number of carboxylic acid groups (broad SMARTS) is 2. The molecule has 0 radical (unpaired) electrons. The van der Waals surface area contributed by atoms with Gasteiger partial charge >= 0.3 is 54.0 Å². The van der Waals surface area contributed by atoms with E-state index in [0.29, 0.717) is 0 Å². The molecule has 0 aromatic carbocycles. The van der Waals surface area contributed by atoms with Gasteiger partial charge in [-0.1, -0.05) is 0 Å². The summed E-state index contributed by atoms with van der Waals surface area (Å²) in [5, 5.41) is 14.8. The van der Waals surface area contributed by atoms with Crippen LogP contribution < -0.4 is 0 Å².